The van der Waals surface area contributed by atoms with E-state index >= 15 is 0 Å². The predicted octanol–water partition coefficient (Wildman–Crippen LogP) is 5.55. The van der Waals surface area contributed by atoms with E-state index in [2.05, 4.69) is 15.5 Å². The van der Waals surface area contributed by atoms with E-state index in [1.807, 2.05) is 0 Å². The number of aromatic amines is 1. The summed E-state index contributed by atoms with van der Waals surface area (Å²) >= 11 is 1.27. The molecule has 0 saturated carbocycles. The average molecular weight is 456 g/mol. The van der Waals surface area contributed by atoms with Crippen LogP contribution in [0.15, 0.2) is 30.5 Å². The van der Waals surface area contributed by atoms with Crippen LogP contribution in [0.2, 0.25) is 0 Å². The lowest BCUT2D eigenvalue weighted by Crippen LogP contribution is -2.27. The van der Waals surface area contributed by atoms with Crippen molar-refractivity contribution < 1.29 is 23.8 Å². The van der Waals surface area contributed by atoms with Gasteiger partial charge in [-0.25, -0.2) is 9.59 Å². The van der Waals surface area contributed by atoms with Crippen molar-refractivity contribution in [3.05, 3.63) is 46.5 Å². The van der Waals surface area contributed by atoms with E-state index in [9.17, 15) is 9.59 Å². The van der Waals surface area contributed by atoms with Crippen LogP contribution in [0.25, 0.3) is 11.3 Å². The molecular weight excluding hydrogens is 430 g/mol. The number of nitrogens with one attached hydrogen (secondary N) is 2. The lowest BCUT2D eigenvalue weighted by molar-refractivity contribution is 0.0530. The second-order valence-electron chi connectivity index (χ2n) is 8.32. The topological polar surface area (TPSA) is 103 Å². The summed E-state index contributed by atoms with van der Waals surface area (Å²) in [6.45, 7) is 7.51. The molecule has 3 aromatic rings. The number of ether oxygens (including phenoxy) is 3. The fourth-order valence-electron chi connectivity index (χ4n) is 3.48. The van der Waals surface area contributed by atoms with Crippen LogP contribution >= 0.6 is 11.3 Å². The number of thiophene rings is 1. The van der Waals surface area contributed by atoms with E-state index in [0.717, 1.165) is 28.8 Å². The Morgan fingerprint density at radius 1 is 1.19 bits per heavy atom. The normalized spacial score (nSPS) is 12.5. The molecule has 4 rings (SSSR count). The number of hydrogen-bond acceptors (Lipinski definition) is 7. The Morgan fingerprint density at radius 3 is 2.62 bits per heavy atom. The van der Waals surface area contributed by atoms with Crippen LogP contribution in [0.4, 0.5) is 10.5 Å². The van der Waals surface area contributed by atoms with Gasteiger partial charge < -0.3 is 14.2 Å². The summed E-state index contributed by atoms with van der Waals surface area (Å²) in [5, 5.41) is 10.5. The molecule has 1 amide bonds. The van der Waals surface area contributed by atoms with Crippen molar-refractivity contribution in [3.63, 3.8) is 0 Å². The van der Waals surface area contributed by atoms with E-state index < -0.39 is 11.7 Å². The SMILES string of the molecule is CCOC(=O)c1sc(Oc2ccc(NC(=O)OC(C)(C)C)cc2)c2c1CCc1cn[nH]c1-2. The number of rotatable bonds is 5. The summed E-state index contributed by atoms with van der Waals surface area (Å²) < 4.78 is 16.7. The molecule has 0 saturated heterocycles. The Morgan fingerprint density at radius 2 is 1.94 bits per heavy atom. The molecule has 8 nitrogen and oxygen atoms in total. The van der Waals surface area contributed by atoms with Crippen molar-refractivity contribution in [1.29, 1.82) is 0 Å². The van der Waals surface area contributed by atoms with Gasteiger partial charge >= 0.3 is 12.1 Å². The number of amides is 1. The van der Waals surface area contributed by atoms with Gasteiger partial charge in [-0.05, 0) is 75.9 Å². The van der Waals surface area contributed by atoms with E-state index in [1.165, 1.54) is 11.3 Å². The number of aromatic nitrogens is 2. The number of fused-ring (bicyclic) bond motifs is 3. The Labute approximate surface area is 189 Å². The van der Waals surface area contributed by atoms with Gasteiger partial charge in [0.05, 0.1) is 24.1 Å². The summed E-state index contributed by atoms with van der Waals surface area (Å²) in [6, 6.07) is 6.96. The van der Waals surface area contributed by atoms with Crippen molar-refractivity contribution in [2.45, 2.75) is 46.1 Å². The number of esters is 1. The third kappa shape index (κ3) is 4.62. The zero-order valence-corrected chi connectivity index (χ0v) is 19.2. The van der Waals surface area contributed by atoms with E-state index in [1.54, 1.807) is 58.2 Å². The Hall–Kier alpha value is -3.33. The molecule has 0 bridgehead atoms. The molecule has 0 atom stereocenters. The zero-order chi connectivity index (χ0) is 22.9. The quantitative estimate of drug-likeness (QED) is 0.489. The van der Waals surface area contributed by atoms with E-state index in [4.69, 9.17) is 14.2 Å². The highest BCUT2D eigenvalue weighted by atomic mass is 32.1. The summed E-state index contributed by atoms with van der Waals surface area (Å²) in [6.07, 6.45) is 2.80. The molecule has 2 heterocycles. The van der Waals surface area contributed by atoms with Crippen molar-refractivity contribution in [2.24, 2.45) is 0 Å². The summed E-state index contributed by atoms with van der Waals surface area (Å²) in [7, 11) is 0. The molecule has 1 aliphatic rings. The molecule has 1 aromatic carbocycles. The number of carbonyl (C=O) groups is 2. The first kappa shape index (κ1) is 21.9. The van der Waals surface area contributed by atoms with Gasteiger partial charge in [0.15, 0.2) is 5.06 Å². The summed E-state index contributed by atoms with van der Waals surface area (Å²) in [5.41, 5.74) is 3.75. The highest BCUT2D eigenvalue weighted by Gasteiger charge is 2.31. The van der Waals surface area contributed by atoms with Gasteiger partial charge in [0.1, 0.15) is 16.2 Å². The minimum absolute atomic E-state index is 0.309. The zero-order valence-electron chi connectivity index (χ0n) is 18.4. The maximum Gasteiger partial charge on any atom is 0.412 e. The Balaban J connectivity index is 1.58. The standard InChI is InChI=1S/C23H25N3O5S/c1-5-29-20(27)19-16-11-6-13-12-24-26-18(13)17(16)21(32-19)30-15-9-7-14(8-10-15)25-22(28)31-23(2,3)4/h7-10,12H,5-6,11H2,1-4H3,(H,24,26)(H,25,28). The summed E-state index contributed by atoms with van der Waals surface area (Å²) in [4.78, 5) is 25.0. The number of nitrogens with zero attached hydrogens (tertiary/aromatic N) is 1. The predicted molar refractivity (Wildman–Crippen MR) is 122 cm³/mol. The smallest absolute Gasteiger partial charge is 0.412 e. The monoisotopic (exact) mass is 455 g/mol. The van der Waals surface area contributed by atoms with Crippen LogP contribution in [-0.4, -0.2) is 34.5 Å². The average Bonchev–Trinajstić information content (AvgIpc) is 3.32. The molecule has 1 aliphatic carbocycles. The molecule has 2 N–H and O–H groups in total. The molecule has 32 heavy (non-hydrogen) atoms. The molecule has 9 heteroatoms. The number of H-pyrrole nitrogens is 1. The van der Waals surface area contributed by atoms with Gasteiger partial charge in [0.2, 0.25) is 0 Å². The Kier molecular flexibility index (Phi) is 5.92. The van der Waals surface area contributed by atoms with Crippen LogP contribution in [0.1, 0.15) is 48.5 Å². The highest BCUT2D eigenvalue weighted by molar-refractivity contribution is 7.16. The molecule has 0 fully saturated rings. The number of carbonyl (C=O) groups excluding carboxylic acids is 2. The lowest BCUT2D eigenvalue weighted by atomic mass is 9.92. The molecule has 0 unspecified atom stereocenters. The second-order valence-corrected chi connectivity index (χ2v) is 9.30. The third-order valence-corrected chi connectivity index (χ3v) is 5.85. The van der Waals surface area contributed by atoms with Gasteiger partial charge in [-0.3, -0.25) is 10.4 Å². The summed E-state index contributed by atoms with van der Waals surface area (Å²) in [5.74, 6) is 0.231. The first-order valence-electron chi connectivity index (χ1n) is 10.4. The molecule has 0 spiro atoms. The largest absolute Gasteiger partial charge is 0.462 e. The first-order chi connectivity index (χ1) is 15.2. The number of hydrogen-bond donors (Lipinski definition) is 2. The van der Waals surface area contributed by atoms with Gasteiger partial charge in [-0.1, -0.05) is 11.3 Å². The van der Waals surface area contributed by atoms with Gasteiger partial charge in [-0.2, -0.15) is 5.10 Å². The molecular formula is C23H25N3O5S. The first-order valence-corrected chi connectivity index (χ1v) is 11.2. The van der Waals surface area contributed by atoms with Gasteiger partial charge in [0.25, 0.3) is 0 Å². The number of aryl methyl sites for hydroxylation is 1. The van der Waals surface area contributed by atoms with Crippen molar-refractivity contribution in [2.75, 3.05) is 11.9 Å². The van der Waals surface area contributed by atoms with E-state index in [0.29, 0.717) is 34.4 Å². The van der Waals surface area contributed by atoms with E-state index in [-0.39, 0.29) is 5.97 Å². The third-order valence-electron chi connectivity index (χ3n) is 4.76. The van der Waals surface area contributed by atoms with Gasteiger partial charge in [-0.15, -0.1) is 0 Å². The molecule has 168 valence electrons. The van der Waals surface area contributed by atoms with Crippen molar-refractivity contribution in [3.8, 4) is 22.1 Å². The van der Waals surface area contributed by atoms with Crippen LogP contribution in [-0.2, 0) is 22.3 Å². The maximum absolute atomic E-state index is 12.5. The lowest BCUT2D eigenvalue weighted by Gasteiger charge is -2.19. The fourth-order valence-corrected chi connectivity index (χ4v) is 4.60. The fraction of sp³-hybridized carbons (Fsp3) is 0.348. The number of anilines is 1. The minimum atomic E-state index is -0.576. The van der Waals surface area contributed by atoms with Crippen LogP contribution < -0.4 is 10.1 Å². The minimum Gasteiger partial charge on any atom is -0.462 e. The Bertz CT molecular complexity index is 1140. The van der Waals surface area contributed by atoms with Gasteiger partial charge in [0, 0.05) is 5.69 Å². The maximum atomic E-state index is 12.5. The van der Waals surface area contributed by atoms with Crippen LogP contribution in [0.3, 0.4) is 0 Å². The van der Waals surface area contributed by atoms with Crippen LogP contribution in [0.5, 0.6) is 10.8 Å². The van der Waals surface area contributed by atoms with Crippen molar-refractivity contribution >= 4 is 29.1 Å². The molecule has 0 aliphatic heterocycles. The molecule has 0 radical (unpaired) electrons. The number of benzene rings is 1. The second kappa shape index (κ2) is 8.66. The highest BCUT2D eigenvalue weighted by Crippen LogP contribution is 2.48. The molecule has 2 aromatic heterocycles. The van der Waals surface area contributed by atoms with Crippen molar-refractivity contribution in [1.82, 2.24) is 10.2 Å². The van der Waals surface area contributed by atoms with Crippen LogP contribution in [0, 0.1) is 0 Å².